The highest BCUT2D eigenvalue weighted by atomic mass is 35.5. The standard InChI is InChI=1S/C10H15ClN2O/c1-2-13(5-6-14)8-10-4-3-9(11)7-12-10/h3-4,7,14H,2,5-6,8H2,1H3. The molecule has 0 spiro atoms. The molecule has 78 valence electrons. The van der Waals surface area contributed by atoms with Gasteiger partial charge in [0.05, 0.1) is 17.3 Å². The Labute approximate surface area is 89.3 Å². The normalized spacial score (nSPS) is 10.9. The van der Waals surface area contributed by atoms with Crippen LogP contribution in [0.5, 0.6) is 0 Å². The highest BCUT2D eigenvalue weighted by Crippen LogP contribution is 2.07. The van der Waals surface area contributed by atoms with Gasteiger partial charge in [0, 0.05) is 19.3 Å². The van der Waals surface area contributed by atoms with Crippen molar-refractivity contribution in [3.05, 3.63) is 29.0 Å². The molecule has 1 rings (SSSR count). The molecule has 0 saturated carbocycles. The van der Waals surface area contributed by atoms with Crippen molar-refractivity contribution in [2.24, 2.45) is 0 Å². The molecule has 1 aromatic heterocycles. The molecule has 0 radical (unpaired) electrons. The molecule has 0 bridgehead atoms. The highest BCUT2D eigenvalue weighted by molar-refractivity contribution is 6.30. The van der Waals surface area contributed by atoms with E-state index in [9.17, 15) is 0 Å². The number of rotatable bonds is 5. The second-order valence-electron chi connectivity index (χ2n) is 3.06. The maximum Gasteiger partial charge on any atom is 0.0589 e. The van der Waals surface area contributed by atoms with Gasteiger partial charge in [-0.1, -0.05) is 18.5 Å². The van der Waals surface area contributed by atoms with Crippen molar-refractivity contribution in [3.63, 3.8) is 0 Å². The third kappa shape index (κ3) is 3.62. The van der Waals surface area contributed by atoms with E-state index in [0.29, 0.717) is 11.6 Å². The fraction of sp³-hybridized carbons (Fsp3) is 0.500. The van der Waals surface area contributed by atoms with E-state index in [1.807, 2.05) is 12.1 Å². The smallest absolute Gasteiger partial charge is 0.0589 e. The molecule has 1 N–H and O–H groups in total. The van der Waals surface area contributed by atoms with Gasteiger partial charge in [-0.2, -0.15) is 0 Å². The lowest BCUT2D eigenvalue weighted by Gasteiger charge is -2.18. The van der Waals surface area contributed by atoms with Gasteiger partial charge in [0.1, 0.15) is 0 Å². The molecular formula is C10H15ClN2O. The number of aliphatic hydroxyl groups excluding tert-OH is 1. The Kier molecular flexibility index (Phi) is 4.87. The first kappa shape index (κ1) is 11.4. The molecule has 14 heavy (non-hydrogen) atoms. The fourth-order valence-corrected chi connectivity index (χ4v) is 1.33. The highest BCUT2D eigenvalue weighted by Gasteiger charge is 2.03. The minimum absolute atomic E-state index is 0.182. The Morgan fingerprint density at radius 3 is 2.79 bits per heavy atom. The molecule has 0 aliphatic heterocycles. The van der Waals surface area contributed by atoms with Gasteiger partial charge in [-0.25, -0.2) is 0 Å². The lowest BCUT2D eigenvalue weighted by Crippen LogP contribution is -2.26. The predicted molar refractivity (Wildman–Crippen MR) is 57.3 cm³/mol. The van der Waals surface area contributed by atoms with Crippen LogP contribution in [0.2, 0.25) is 5.02 Å². The average Bonchev–Trinajstić information content (AvgIpc) is 2.20. The fourth-order valence-electron chi connectivity index (χ4n) is 1.22. The SMILES string of the molecule is CCN(CCO)Cc1ccc(Cl)cn1. The van der Waals surface area contributed by atoms with E-state index < -0.39 is 0 Å². The van der Waals surface area contributed by atoms with Crippen LogP contribution in [0.1, 0.15) is 12.6 Å². The van der Waals surface area contributed by atoms with E-state index in [0.717, 1.165) is 18.8 Å². The van der Waals surface area contributed by atoms with Crippen molar-refractivity contribution < 1.29 is 5.11 Å². The minimum Gasteiger partial charge on any atom is -0.395 e. The molecule has 0 amide bonds. The van der Waals surface area contributed by atoms with Crippen LogP contribution < -0.4 is 0 Å². The summed E-state index contributed by atoms with van der Waals surface area (Å²) in [4.78, 5) is 6.31. The number of aliphatic hydroxyl groups is 1. The molecule has 0 aliphatic carbocycles. The van der Waals surface area contributed by atoms with E-state index in [-0.39, 0.29) is 6.61 Å². The zero-order valence-electron chi connectivity index (χ0n) is 8.28. The van der Waals surface area contributed by atoms with Gasteiger partial charge in [-0.15, -0.1) is 0 Å². The number of nitrogens with zero attached hydrogens (tertiary/aromatic N) is 2. The quantitative estimate of drug-likeness (QED) is 0.808. The molecule has 0 fully saturated rings. The van der Waals surface area contributed by atoms with E-state index in [2.05, 4.69) is 16.8 Å². The van der Waals surface area contributed by atoms with Crippen LogP contribution in [0.15, 0.2) is 18.3 Å². The first-order chi connectivity index (χ1) is 6.76. The topological polar surface area (TPSA) is 36.4 Å². The Hall–Kier alpha value is -0.640. The van der Waals surface area contributed by atoms with Gasteiger partial charge in [-0.3, -0.25) is 9.88 Å². The second kappa shape index (κ2) is 5.96. The van der Waals surface area contributed by atoms with Crippen molar-refractivity contribution >= 4 is 11.6 Å². The van der Waals surface area contributed by atoms with Gasteiger partial charge in [0.25, 0.3) is 0 Å². The Morgan fingerprint density at radius 1 is 1.50 bits per heavy atom. The Balaban J connectivity index is 2.53. The first-order valence-electron chi connectivity index (χ1n) is 4.70. The van der Waals surface area contributed by atoms with Crippen LogP contribution in [0.4, 0.5) is 0 Å². The molecule has 3 nitrogen and oxygen atoms in total. The van der Waals surface area contributed by atoms with E-state index >= 15 is 0 Å². The third-order valence-electron chi connectivity index (χ3n) is 2.04. The molecule has 1 aromatic rings. The summed E-state index contributed by atoms with van der Waals surface area (Å²) in [5.41, 5.74) is 0.977. The van der Waals surface area contributed by atoms with Gasteiger partial charge >= 0.3 is 0 Å². The Morgan fingerprint density at radius 2 is 2.29 bits per heavy atom. The molecule has 1 heterocycles. The molecule has 0 atom stereocenters. The van der Waals surface area contributed by atoms with Gasteiger partial charge in [0.15, 0.2) is 0 Å². The number of aromatic nitrogens is 1. The van der Waals surface area contributed by atoms with Gasteiger partial charge in [0.2, 0.25) is 0 Å². The van der Waals surface area contributed by atoms with E-state index in [4.69, 9.17) is 16.7 Å². The summed E-state index contributed by atoms with van der Waals surface area (Å²) in [6, 6.07) is 3.74. The van der Waals surface area contributed by atoms with Crippen molar-refractivity contribution in [1.82, 2.24) is 9.88 Å². The maximum absolute atomic E-state index is 8.81. The van der Waals surface area contributed by atoms with Crippen molar-refractivity contribution in [2.75, 3.05) is 19.7 Å². The third-order valence-corrected chi connectivity index (χ3v) is 2.26. The summed E-state index contributed by atoms with van der Waals surface area (Å²) in [6.07, 6.45) is 1.64. The average molecular weight is 215 g/mol. The van der Waals surface area contributed by atoms with Crippen LogP contribution in [-0.2, 0) is 6.54 Å². The van der Waals surface area contributed by atoms with Crippen LogP contribution in [0.3, 0.4) is 0 Å². The summed E-state index contributed by atoms with van der Waals surface area (Å²) < 4.78 is 0. The monoisotopic (exact) mass is 214 g/mol. The van der Waals surface area contributed by atoms with Gasteiger partial charge in [-0.05, 0) is 18.7 Å². The molecule has 4 heteroatoms. The van der Waals surface area contributed by atoms with Crippen molar-refractivity contribution in [1.29, 1.82) is 0 Å². The molecule has 0 unspecified atom stereocenters. The van der Waals surface area contributed by atoms with Crippen LogP contribution in [0, 0.1) is 0 Å². The summed E-state index contributed by atoms with van der Waals surface area (Å²) in [6.45, 7) is 4.59. The van der Waals surface area contributed by atoms with Crippen molar-refractivity contribution in [2.45, 2.75) is 13.5 Å². The first-order valence-corrected chi connectivity index (χ1v) is 5.07. The summed E-state index contributed by atoms with van der Waals surface area (Å²) >= 11 is 5.73. The van der Waals surface area contributed by atoms with E-state index in [1.165, 1.54) is 0 Å². The molecule has 0 saturated heterocycles. The molecular weight excluding hydrogens is 200 g/mol. The second-order valence-corrected chi connectivity index (χ2v) is 3.50. The minimum atomic E-state index is 0.182. The van der Waals surface area contributed by atoms with Crippen molar-refractivity contribution in [3.8, 4) is 0 Å². The summed E-state index contributed by atoms with van der Waals surface area (Å²) in [7, 11) is 0. The summed E-state index contributed by atoms with van der Waals surface area (Å²) in [5, 5.41) is 9.46. The maximum atomic E-state index is 8.81. The van der Waals surface area contributed by atoms with Crippen LogP contribution in [0.25, 0.3) is 0 Å². The number of hydrogen-bond donors (Lipinski definition) is 1. The zero-order valence-corrected chi connectivity index (χ0v) is 9.04. The molecule has 0 aliphatic rings. The lowest BCUT2D eigenvalue weighted by molar-refractivity contribution is 0.195. The largest absolute Gasteiger partial charge is 0.395 e. The molecule has 0 aromatic carbocycles. The van der Waals surface area contributed by atoms with Crippen LogP contribution in [-0.4, -0.2) is 34.7 Å². The lowest BCUT2D eigenvalue weighted by atomic mass is 10.3. The summed E-state index contributed by atoms with van der Waals surface area (Å²) in [5.74, 6) is 0. The Bertz CT molecular complexity index is 263. The zero-order chi connectivity index (χ0) is 10.4. The van der Waals surface area contributed by atoms with Gasteiger partial charge < -0.3 is 5.11 Å². The number of likely N-dealkylation sites (N-methyl/N-ethyl adjacent to an activating group) is 1. The predicted octanol–water partition coefficient (Wildman–Crippen LogP) is 1.55. The number of halogens is 1. The van der Waals surface area contributed by atoms with E-state index in [1.54, 1.807) is 6.20 Å². The van der Waals surface area contributed by atoms with Crippen LogP contribution >= 0.6 is 11.6 Å². The number of hydrogen-bond acceptors (Lipinski definition) is 3. The number of pyridine rings is 1.